The third kappa shape index (κ3) is 5.70. The van der Waals surface area contributed by atoms with E-state index in [9.17, 15) is 9.59 Å². The summed E-state index contributed by atoms with van der Waals surface area (Å²) in [4.78, 5) is 26.2. The molecule has 0 saturated heterocycles. The second-order valence-electron chi connectivity index (χ2n) is 8.25. The first-order valence-electron chi connectivity index (χ1n) is 11.5. The van der Waals surface area contributed by atoms with Crippen molar-refractivity contribution in [1.29, 1.82) is 0 Å². The second kappa shape index (κ2) is 11.2. The van der Waals surface area contributed by atoms with Crippen LogP contribution in [-0.2, 0) is 11.3 Å². The van der Waals surface area contributed by atoms with E-state index in [0.717, 1.165) is 33.8 Å². The average Bonchev–Trinajstić information content (AvgIpc) is 3.36. The Labute approximate surface area is 210 Å². The Morgan fingerprint density at radius 3 is 2.33 bits per heavy atom. The van der Waals surface area contributed by atoms with Gasteiger partial charge in [0.1, 0.15) is 5.75 Å². The van der Waals surface area contributed by atoms with Crippen LogP contribution in [0.2, 0.25) is 0 Å². The largest absolute Gasteiger partial charge is 0.497 e. The lowest BCUT2D eigenvalue weighted by Gasteiger charge is -2.15. The number of nitrogens with zero attached hydrogens (tertiary/aromatic N) is 3. The maximum Gasteiger partial charge on any atom is 0.251 e. The molecule has 0 spiro atoms. The normalized spacial score (nSPS) is 10.9. The molecule has 0 bridgehead atoms. The SMILES string of the molecule is CNC(=O)c1ccc(CN(C)C(=O)/C=C/c2cn(-c3ccccc3)nc2-c2ccc(OC)cc2)cc1. The Balaban J connectivity index is 1.55. The van der Waals surface area contributed by atoms with E-state index in [1.807, 2.05) is 72.9 Å². The lowest BCUT2D eigenvalue weighted by Crippen LogP contribution is -2.24. The molecule has 0 aliphatic rings. The van der Waals surface area contributed by atoms with Gasteiger partial charge in [-0.1, -0.05) is 30.3 Å². The van der Waals surface area contributed by atoms with E-state index in [4.69, 9.17) is 9.84 Å². The van der Waals surface area contributed by atoms with Crippen LogP contribution >= 0.6 is 0 Å². The van der Waals surface area contributed by atoms with E-state index < -0.39 is 0 Å². The highest BCUT2D eigenvalue weighted by molar-refractivity contribution is 5.94. The first-order valence-corrected chi connectivity index (χ1v) is 11.5. The van der Waals surface area contributed by atoms with Crippen LogP contribution in [0.15, 0.2) is 91.1 Å². The summed E-state index contributed by atoms with van der Waals surface area (Å²) >= 11 is 0. The van der Waals surface area contributed by atoms with Gasteiger partial charge < -0.3 is 15.0 Å². The first kappa shape index (κ1) is 24.5. The molecule has 0 radical (unpaired) electrons. The fourth-order valence-electron chi connectivity index (χ4n) is 3.74. The summed E-state index contributed by atoms with van der Waals surface area (Å²) in [6, 6.07) is 24.7. The molecular weight excluding hydrogens is 452 g/mol. The van der Waals surface area contributed by atoms with Gasteiger partial charge in [-0.05, 0) is 60.2 Å². The number of nitrogens with one attached hydrogen (secondary N) is 1. The summed E-state index contributed by atoms with van der Waals surface area (Å²) in [5, 5.41) is 7.39. The number of carbonyl (C=O) groups excluding carboxylic acids is 2. The zero-order valence-corrected chi connectivity index (χ0v) is 20.5. The summed E-state index contributed by atoms with van der Waals surface area (Å²) in [6.07, 6.45) is 5.26. The van der Waals surface area contributed by atoms with Crippen LogP contribution in [0.25, 0.3) is 23.0 Å². The monoisotopic (exact) mass is 480 g/mol. The number of ether oxygens (including phenoxy) is 1. The number of likely N-dealkylation sites (N-methyl/N-ethyl adjacent to an activating group) is 1. The van der Waals surface area contributed by atoms with Gasteiger partial charge in [-0.3, -0.25) is 9.59 Å². The molecule has 0 fully saturated rings. The molecule has 1 aromatic heterocycles. The van der Waals surface area contributed by atoms with Crippen molar-refractivity contribution in [2.75, 3.05) is 21.2 Å². The number of rotatable bonds is 8. The van der Waals surface area contributed by atoms with Gasteiger partial charge in [0, 0.05) is 49.6 Å². The summed E-state index contributed by atoms with van der Waals surface area (Å²) in [7, 11) is 4.97. The van der Waals surface area contributed by atoms with E-state index in [0.29, 0.717) is 12.1 Å². The molecule has 0 saturated carbocycles. The summed E-state index contributed by atoms with van der Waals surface area (Å²) < 4.78 is 7.09. The molecule has 0 aliphatic heterocycles. The van der Waals surface area contributed by atoms with Crippen molar-refractivity contribution in [1.82, 2.24) is 20.0 Å². The van der Waals surface area contributed by atoms with Crippen LogP contribution < -0.4 is 10.1 Å². The van der Waals surface area contributed by atoms with Crippen LogP contribution in [0.3, 0.4) is 0 Å². The number of para-hydroxylation sites is 1. The van der Waals surface area contributed by atoms with Crippen LogP contribution in [0.5, 0.6) is 5.75 Å². The Kier molecular flexibility index (Phi) is 7.60. The predicted octanol–water partition coefficient (Wildman–Crippen LogP) is 4.58. The third-order valence-electron chi connectivity index (χ3n) is 5.77. The molecule has 182 valence electrons. The van der Waals surface area contributed by atoms with Crippen LogP contribution in [0.1, 0.15) is 21.5 Å². The van der Waals surface area contributed by atoms with E-state index in [1.165, 1.54) is 0 Å². The summed E-state index contributed by atoms with van der Waals surface area (Å²) in [6.45, 7) is 0.422. The Bertz CT molecular complexity index is 1360. The number of carbonyl (C=O) groups is 2. The molecule has 7 heteroatoms. The number of aromatic nitrogens is 2. The molecule has 3 aromatic carbocycles. The van der Waals surface area contributed by atoms with Crippen molar-refractivity contribution in [2.24, 2.45) is 0 Å². The Hall–Kier alpha value is -4.65. The number of amides is 2. The molecule has 0 atom stereocenters. The van der Waals surface area contributed by atoms with Gasteiger partial charge in [0.25, 0.3) is 5.91 Å². The van der Waals surface area contributed by atoms with Gasteiger partial charge in [-0.2, -0.15) is 5.10 Å². The maximum absolute atomic E-state index is 12.9. The van der Waals surface area contributed by atoms with Crippen LogP contribution in [0, 0.1) is 0 Å². The molecule has 4 aromatic rings. The van der Waals surface area contributed by atoms with Gasteiger partial charge in [-0.25, -0.2) is 4.68 Å². The molecule has 0 unspecified atom stereocenters. The molecular formula is C29H28N4O3. The second-order valence-corrected chi connectivity index (χ2v) is 8.25. The van der Waals surface area contributed by atoms with Gasteiger partial charge in [0.05, 0.1) is 18.5 Å². The lowest BCUT2D eigenvalue weighted by molar-refractivity contribution is -0.125. The average molecular weight is 481 g/mol. The number of hydrogen-bond donors (Lipinski definition) is 1. The van der Waals surface area contributed by atoms with Gasteiger partial charge in [0.2, 0.25) is 5.91 Å². The van der Waals surface area contributed by atoms with Crippen molar-refractivity contribution in [3.63, 3.8) is 0 Å². The van der Waals surface area contributed by atoms with Crippen LogP contribution in [0.4, 0.5) is 0 Å². The number of hydrogen-bond acceptors (Lipinski definition) is 4. The van der Waals surface area contributed by atoms with Gasteiger partial charge in [-0.15, -0.1) is 0 Å². The smallest absolute Gasteiger partial charge is 0.251 e. The topological polar surface area (TPSA) is 76.5 Å². The van der Waals surface area contributed by atoms with E-state index in [-0.39, 0.29) is 11.8 Å². The standard InChI is InChI=1S/C29H28N4O3/c1-30-29(35)23-11-9-21(10-12-23)19-32(2)27(34)18-15-24-20-33(25-7-5-4-6-8-25)31-28(24)22-13-16-26(36-3)17-14-22/h4-18,20H,19H2,1-3H3,(H,30,35)/b18-15+. The zero-order valence-electron chi connectivity index (χ0n) is 20.5. The van der Waals surface area contributed by atoms with Gasteiger partial charge in [0.15, 0.2) is 0 Å². The van der Waals surface area contributed by atoms with Crippen molar-refractivity contribution < 1.29 is 14.3 Å². The third-order valence-corrected chi connectivity index (χ3v) is 5.77. The van der Waals surface area contributed by atoms with E-state index >= 15 is 0 Å². The molecule has 36 heavy (non-hydrogen) atoms. The Morgan fingerprint density at radius 1 is 1.00 bits per heavy atom. The summed E-state index contributed by atoms with van der Waals surface area (Å²) in [5.74, 6) is 0.481. The highest BCUT2D eigenvalue weighted by atomic mass is 16.5. The minimum absolute atomic E-state index is 0.140. The van der Waals surface area contributed by atoms with Crippen molar-refractivity contribution >= 4 is 17.9 Å². The maximum atomic E-state index is 12.9. The molecule has 0 aliphatic carbocycles. The minimum Gasteiger partial charge on any atom is -0.497 e. The van der Waals surface area contributed by atoms with E-state index in [2.05, 4.69) is 5.32 Å². The quantitative estimate of drug-likeness (QED) is 0.375. The number of methoxy groups -OCH3 is 1. The predicted molar refractivity (Wildman–Crippen MR) is 141 cm³/mol. The molecule has 2 amide bonds. The van der Waals surface area contributed by atoms with E-state index in [1.54, 1.807) is 55.1 Å². The van der Waals surface area contributed by atoms with Crippen molar-refractivity contribution in [3.8, 4) is 22.7 Å². The Morgan fingerprint density at radius 2 is 1.69 bits per heavy atom. The molecule has 4 rings (SSSR count). The molecule has 1 heterocycles. The fraction of sp³-hybridized carbons (Fsp3) is 0.138. The molecule has 1 N–H and O–H groups in total. The highest BCUT2D eigenvalue weighted by Gasteiger charge is 2.13. The van der Waals surface area contributed by atoms with Crippen molar-refractivity contribution in [3.05, 3.63) is 108 Å². The molecule has 7 nitrogen and oxygen atoms in total. The zero-order chi connectivity index (χ0) is 25.5. The lowest BCUT2D eigenvalue weighted by atomic mass is 10.1. The minimum atomic E-state index is -0.141. The first-order chi connectivity index (χ1) is 17.5. The summed E-state index contributed by atoms with van der Waals surface area (Å²) in [5.41, 5.74) is 4.94. The fourth-order valence-corrected chi connectivity index (χ4v) is 3.74. The van der Waals surface area contributed by atoms with Crippen molar-refractivity contribution in [2.45, 2.75) is 6.54 Å². The van der Waals surface area contributed by atoms with Crippen LogP contribution in [-0.4, -0.2) is 47.7 Å². The van der Waals surface area contributed by atoms with Gasteiger partial charge >= 0.3 is 0 Å². The highest BCUT2D eigenvalue weighted by Crippen LogP contribution is 2.27. The number of benzene rings is 3.